The van der Waals surface area contributed by atoms with Crippen molar-refractivity contribution in [2.24, 2.45) is 0 Å². The lowest BCUT2D eigenvalue weighted by molar-refractivity contribution is -0.127. The van der Waals surface area contributed by atoms with Gasteiger partial charge in [-0.15, -0.1) is 0 Å². The van der Waals surface area contributed by atoms with Gasteiger partial charge in [-0.2, -0.15) is 0 Å². The van der Waals surface area contributed by atoms with E-state index in [2.05, 4.69) is 10.2 Å². The lowest BCUT2D eigenvalue weighted by atomic mass is 10.0. The average molecular weight is 366 g/mol. The highest BCUT2D eigenvalue weighted by atomic mass is 32.2. The van der Waals surface area contributed by atoms with Crippen LogP contribution in [0.1, 0.15) is 24.8 Å². The maximum Gasteiger partial charge on any atom is 0.246 e. The minimum absolute atomic E-state index is 0.0655. The molecule has 2 fully saturated rings. The van der Waals surface area contributed by atoms with Crippen LogP contribution in [-0.4, -0.2) is 62.5 Å². The molecule has 2 saturated heterocycles. The van der Waals surface area contributed by atoms with Crippen LogP contribution in [0, 0.1) is 0 Å². The van der Waals surface area contributed by atoms with Crippen molar-refractivity contribution in [1.29, 1.82) is 0 Å². The zero-order valence-electron chi connectivity index (χ0n) is 14.4. The smallest absolute Gasteiger partial charge is 0.246 e. The second-order valence-corrected chi connectivity index (χ2v) is 9.14. The average Bonchev–Trinajstić information content (AvgIpc) is 2.96. The molecule has 25 heavy (non-hydrogen) atoms. The van der Waals surface area contributed by atoms with E-state index < -0.39 is 9.84 Å². The minimum Gasteiger partial charge on any atom is -0.367 e. The topological polar surface area (TPSA) is 75.7 Å². The standard InChI is InChI=1S/C18H26N2O4S/c21-18(13-24-12-15-4-2-1-3-5-15)19-16-6-9-20(10-7-16)17-8-11-25(22,23)14-17/h1-5,16-17H,6-14H2,(H,19,21)/t17-/m0/s1. The SMILES string of the molecule is O=C(COCc1ccccc1)NC1CCN([C@H]2CCS(=O)(=O)C2)CC1. The number of benzene rings is 1. The van der Waals surface area contributed by atoms with E-state index in [1.165, 1.54) is 0 Å². The van der Waals surface area contributed by atoms with E-state index in [-0.39, 0.29) is 30.4 Å². The van der Waals surface area contributed by atoms with Gasteiger partial charge < -0.3 is 10.1 Å². The van der Waals surface area contributed by atoms with Crippen molar-refractivity contribution < 1.29 is 17.9 Å². The predicted molar refractivity (Wildman–Crippen MR) is 95.9 cm³/mol. The molecule has 1 aromatic rings. The summed E-state index contributed by atoms with van der Waals surface area (Å²) in [6, 6.07) is 10.1. The Hall–Kier alpha value is -1.44. The molecule has 0 aromatic heterocycles. The van der Waals surface area contributed by atoms with Gasteiger partial charge in [0, 0.05) is 25.2 Å². The van der Waals surface area contributed by atoms with E-state index in [0.717, 1.165) is 37.9 Å². The number of carbonyl (C=O) groups excluding carboxylic acids is 1. The molecule has 2 heterocycles. The molecule has 0 spiro atoms. The first-order chi connectivity index (χ1) is 12.0. The Labute approximate surface area is 149 Å². The fourth-order valence-electron chi connectivity index (χ4n) is 3.58. The first kappa shape index (κ1) is 18.4. The summed E-state index contributed by atoms with van der Waals surface area (Å²) >= 11 is 0. The van der Waals surface area contributed by atoms with Crippen molar-refractivity contribution in [2.45, 2.75) is 38.0 Å². The van der Waals surface area contributed by atoms with Gasteiger partial charge in [0.15, 0.2) is 9.84 Å². The fraction of sp³-hybridized carbons (Fsp3) is 0.611. The molecule has 0 radical (unpaired) electrons. The molecular formula is C18H26N2O4S. The highest BCUT2D eigenvalue weighted by Crippen LogP contribution is 2.21. The van der Waals surface area contributed by atoms with E-state index in [4.69, 9.17) is 4.74 Å². The number of hydrogen-bond donors (Lipinski definition) is 1. The van der Waals surface area contributed by atoms with Crippen molar-refractivity contribution in [3.05, 3.63) is 35.9 Å². The van der Waals surface area contributed by atoms with Crippen molar-refractivity contribution in [2.75, 3.05) is 31.2 Å². The zero-order valence-corrected chi connectivity index (χ0v) is 15.2. The van der Waals surface area contributed by atoms with Crippen molar-refractivity contribution >= 4 is 15.7 Å². The number of hydrogen-bond acceptors (Lipinski definition) is 5. The molecule has 1 aromatic carbocycles. The number of amides is 1. The van der Waals surface area contributed by atoms with Crippen LogP contribution in [0.25, 0.3) is 0 Å². The molecular weight excluding hydrogens is 340 g/mol. The second kappa shape index (κ2) is 8.29. The van der Waals surface area contributed by atoms with Crippen LogP contribution >= 0.6 is 0 Å². The van der Waals surface area contributed by atoms with Crippen LogP contribution in [0.4, 0.5) is 0 Å². The number of nitrogens with one attached hydrogen (secondary N) is 1. The number of sulfone groups is 1. The summed E-state index contributed by atoms with van der Waals surface area (Å²) in [5.41, 5.74) is 1.05. The molecule has 3 rings (SSSR count). The molecule has 6 nitrogen and oxygen atoms in total. The lowest BCUT2D eigenvalue weighted by Crippen LogP contribution is -2.48. The van der Waals surface area contributed by atoms with Crippen LogP contribution < -0.4 is 5.32 Å². The number of likely N-dealkylation sites (tertiary alicyclic amines) is 1. The van der Waals surface area contributed by atoms with Gasteiger partial charge in [-0.25, -0.2) is 8.42 Å². The molecule has 0 unspecified atom stereocenters. The van der Waals surface area contributed by atoms with Crippen LogP contribution in [0.2, 0.25) is 0 Å². The summed E-state index contributed by atoms with van der Waals surface area (Å²) in [7, 11) is -2.84. The molecule has 2 aliphatic heterocycles. The summed E-state index contributed by atoms with van der Waals surface area (Å²) < 4.78 is 28.7. The van der Waals surface area contributed by atoms with Crippen LogP contribution in [-0.2, 0) is 26.0 Å². The molecule has 0 bridgehead atoms. The monoisotopic (exact) mass is 366 g/mol. The Morgan fingerprint density at radius 3 is 2.52 bits per heavy atom. The summed E-state index contributed by atoms with van der Waals surface area (Å²) in [6.07, 6.45) is 2.47. The van der Waals surface area contributed by atoms with Gasteiger partial charge in [-0.3, -0.25) is 9.69 Å². The van der Waals surface area contributed by atoms with E-state index in [9.17, 15) is 13.2 Å². The first-order valence-electron chi connectivity index (χ1n) is 8.87. The van der Waals surface area contributed by atoms with Crippen LogP contribution in [0.3, 0.4) is 0 Å². The summed E-state index contributed by atoms with van der Waals surface area (Å²) in [6.45, 7) is 2.19. The maximum absolute atomic E-state index is 12.0. The van der Waals surface area contributed by atoms with Crippen LogP contribution in [0.15, 0.2) is 30.3 Å². The number of ether oxygens (including phenoxy) is 1. The Bertz CT molecular complexity index is 670. The molecule has 138 valence electrons. The lowest BCUT2D eigenvalue weighted by Gasteiger charge is -2.35. The summed E-state index contributed by atoms with van der Waals surface area (Å²) in [5.74, 6) is 0.516. The number of nitrogens with zero attached hydrogens (tertiary/aromatic N) is 1. The Morgan fingerprint density at radius 1 is 1.16 bits per heavy atom. The van der Waals surface area contributed by atoms with E-state index in [0.29, 0.717) is 12.4 Å². The van der Waals surface area contributed by atoms with Gasteiger partial charge in [0.25, 0.3) is 0 Å². The van der Waals surface area contributed by atoms with Crippen molar-refractivity contribution in [3.63, 3.8) is 0 Å². The van der Waals surface area contributed by atoms with Crippen LogP contribution in [0.5, 0.6) is 0 Å². The van der Waals surface area contributed by atoms with E-state index >= 15 is 0 Å². The largest absolute Gasteiger partial charge is 0.367 e. The number of piperidine rings is 1. The minimum atomic E-state index is -2.84. The Balaban J connectivity index is 1.34. The molecule has 1 N–H and O–H groups in total. The summed E-state index contributed by atoms with van der Waals surface area (Å²) in [5, 5.41) is 3.02. The van der Waals surface area contributed by atoms with Gasteiger partial charge >= 0.3 is 0 Å². The normalized spacial score (nSPS) is 24.2. The zero-order chi connectivity index (χ0) is 17.7. The molecule has 1 atom stereocenters. The van der Waals surface area contributed by atoms with Gasteiger partial charge in [0.1, 0.15) is 6.61 Å². The Kier molecular flexibility index (Phi) is 6.09. The molecule has 0 saturated carbocycles. The molecule has 7 heteroatoms. The first-order valence-corrected chi connectivity index (χ1v) is 10.7. The molecule has 0 aliphatic carbocycles. The molecule has 2 aliphatic rings. The van der Waals surface area contributed by atoms with Crippen molar-refractivity contribution in [1.82, 2.24) is 10.2 Å². The highest BCUT2D eigenvalue weighted by molar-refractivity contribution is 7.91. The van der Waals surface area contributed by atoms with E-state index in [1.807, 2.05) is 30.3 Å². The van der Waals surface area contributed by atoms with Gasteiger partial charge in [-0.1, -0.05) is 30.3 Å². The number of carbonyl (C=O) groups is 1. The number of rotatable bonds is 6. The Morgan fingerprint density at radius 2 is 1.88 bits per heavy atom. The highest BCUT2D eigenvalue weighted by Gasteiger charge is 2.34. The third-order valence-corrected chi connectivity index (χ3v) is 6.71. The summed E-state index contributed by atoms with van der Waals surface area (Å²) in [4.78, 5) is 14.3. The quantitative estimate of drug-likeness (QED) is 0.812. The second-order valence-electron chi connectivity index (χ2n) is 6.91. The fourth-order valence-corrected chi connectivity index (χ4v) is 5.34. The van der Waals surface area contributed by atoms with E-state index in [1.54, 1.807) is 0 Å². The third-order valence-electron chi connectivity index (χ3n) is 4.96. The van der Waals surface area contributed by atoms with Gasteiger partial charge in [0.05, 0.1) is 18.1 Å². The third kappa shape index (κ3) is 5.52. The molecule has 1 amide bonds. The predicted octanol–water partition coefficient (Wildman–Crippen LogP) is 0.971. The maximum atomic E-state index is 12.0. The van der Waals surface area contributed by atoms with Gasteiger partial charge in [-0.05, 0) is 24.8 Å². The van der Waals surface area contributed by atoms with Crippen molar-refractivity contribution in [3.8, 4) is 0 Å². The van der Waals surface area contributed by atoms with Gasteiger partial charge in [0.2, 0.25) is 5.91 Å².